The van der Waals surface area contributed by atoms with Crippen molar-refractivity contribution >= 4 is 16.6 Å². The summed E-state index contributed by atoms with van der Waals surface area (Å²) in [4.78, 5) is 17.4. The molecule has 0 amide bonds. The van der Waals surface area contributed by atoms with Crippen LogP contribution in [0.25, 0.3) is 10.9 Å². The fourth-order valence-corrected chi connectivity index (χ4v) is 6.55. The molecule has 7 nitrogen and oxygen atoms in total. The minimum atomic E-state index is -0.416. The summed E-state index contributed by atoms with van der Waals surface area (Å²) in [7, 11) is 0. The summed E-state index contributed by atoms with van der Waals surface area (Å²) in [5, 5.41) is 12.9. The van der Waals surface area contributed by atoms with Crippen LogP contribution in [-0.4, -0.2) is 46.8 Å². The number of non-ortho nitro benzene ring substituents is 1. The van der Waals surface area contributed by atoms with E-state index in [-0.39, 0.29) is 22.4 Å². The lowest BCUT2D eigenvalue weighted by Gasteiger charge is -2.56. The molecule has 2 aliphatic heterocycles. The van der Waals surface area contributed by atoms with Crippen LogP contribution in [0, 0.1) is 23.0 Å². The number of nitrogens with one attached hydrogen (secondary N) is 1. The Labute approximate surface area is 192 Å². The van der Waals surface area contributed by atoms with Crippen molar-refractivity contribution in [3.05, 3.63) is 69.4 Å². The number of aromatic nitrogens is 1. The Morgan fingerprint density at radius 2 is 1.97 bits per heavy atom. The molecule has 0 radical (unpaired) electrons. The second-order valence-electron chi connectivity index (χ2n) is 9.56. The smallest absolute Gasteiger partial charge is 0.269 e. The van der Waals surface area contributed by atoms with E-state index in [1.807, 2.05) is 12.1 Å². The molecule has 6 rings (SSSR count). The molecule has 1 saturated heterocycles. The van der Waals surface area contributed by atoms with Crippen LogP contribution >= 0.6 is 0 Å². The molecule has 0 bridgehead atoms. The quantitative estimate of drug-likeness (QED) is 0.445. The van der Waals surface area contributed by atoms with E-state index in [0.29, 0.717) is 13.2 Å². The third kappa shape index (κ3) is 3.17. The van der Waals surface area contributed by atoms with E-state index < -0.39 is 5.72 Å². The number of H-pyrrole nitrogens is 1. The Morgan fingerprint density at radius 1 is 1.15 bits per heavy atom. The number of nitrogens with zero attached hydrogens (tertiary/aromatic N) is 2. The van der Waals surface area contributed by atoms with E-state index in [2.05, 4.69) is 35.0 Å². The minimum absolute atomic E-state index is 0.0212. The summed E-state index contributed by atoms with van der Waals surface area (Å²) in [6, 6.07) is 13.5. The van der Waals surface area contributed by atoms with E-state index in [4.69, 9.17) is 9.47 Å². The number of hydrogen-bond acceptors (Lipinski definition) is 5. The average Bonchev–Trinajstić information content (AvgIpc) is 3.18. The number of benzene rings is 2. The number of nitro groups is 1. The standard InChI is InChI=1S/C26H29N3O4/c1-17-24(19-6-2-3-8-22(19)27-17)25-20-16-18(29(30)31)9-10-23(20)33-26(11-5-4-7-21(25)26)28-12-14-32-15-13-28/h2-3,6,8-10,16,21,25,27H,4-5,7,11-15H2,1H3/t21-,25+,26+/m1/s1. The highest BCUT2D eigenvalue weighted by atomic mass is 16.6. The zero-order valence-corrected chi connectivity index (χ0v) is 18.9. The van der Waals surface area contributed by atoms with Crippen molar-refractivity contribution in [2.75, 3.05) is 26.3 Å². The van der Waals surface area contributed by atoms with Gasteiger partial charge in [0.15, 0.2) is 5.72 Å². The van der Waals surface area contributed by atoms with Crippen LogP contribution in [0.15, 0.2) is 42.5 Å². The average molecular weight is 448 g/mol. The van der Waals surface area contributed by atoms with Gasteiger partial charge in [-0.3, -0.25) is 15.0 Å². The summed E-state index contributed by atoms with van der Waals surface area (Å²) >= 11 is 0. The van der Waals surface area contributed by atoms with Gasteiger partial charge in [0.1, 0.15) is 5.75 Å². The van der Waals surface area contributed by atoms with Gasteiger partial charge in [-0.25, -0.2) is 0 Å². The van der Waals surface area contributed by atoms with E-state index >= 15 is 0 Å². The van der Waals surface area contributed by atoms with Crippen LogP contribution in [0.4, 0.5) is 5.69 Å². The van der Waals surface area contributed by atoms with Crippen molar-refractivity contribution in [2.24, 2.45) is 5.92 Å². The maximum Gasteiger partial charge on any atom is 0.269 e. The maximum absolute atomic E-state index is 11.7. The largest absolute Gasteiger partial charge is 0.472 e. The number of fused-ring (bicyclic) bond motifs is 3. The first kappa shape index (κ1) is 20.7. The van der Waals surface area contributed by atoms with Crippen molar-refractivity contribution < 1.29 is 14.4 Å². The van der Waals surface area contributed by atoms with Crippen molar-refractivity contribution in [3.63, 3.8) is 0 Å². The number of aromatic amines is 1. The molecule has 172 valence electrons. The van der Waals surface area contributed by atoms with Gasteiger partial charge < -0.3 is 14.5 Å². The number of morpholine rings is 1. The molecule has 3 aromatic rings. The monoisotopic (exact) mass is 447 g/mol. The van der Waals surface area contributed by atoms with Gasteiger partial charge in [-0.05, 0) is 37.5 Å². The van der Waals surface area contributed by atoms with Gasteiger partial charge in [0.2, 0.25) is 0 Å². The van der Waals surface area contributed by atoms with Crippen LogP contribution in [0.3, 0.4) is 0 Å². The fraction of sp³-hybridized carbons (Fsp3) is 0.462. The Kier molecular flexibility index (Phi) is 4.92. The second-order valence-corrected chi connectivity index (χ2v) is 9.56. The number of rotatable bonds is 3. The minimum Gasteiger partial charge on any atom is -0.472 e. The highest BCUT2D eigenvalue weighted by Gasteiger charge is 2.55. The van der Waals surface area contributed by atoms with Gasteiger partial charge in [0, 0.05) is 65.6 Å². The van der Waals surface area contributed by atoms with Crippen molar-refractivity contribution in [1.82, 2.24) is 9.88 Å². The van der Waals surface area contributed by atoms with E-state index in [1.54, 1.807) is 12.1 Å². The van der Waals surface area contributed by atoms with Crippen molar-refractivity contribution in [1.29, 1.82) is 0 Å². The first-order valence-corrected chi connectivity index (χ1v) is 12.0. The summed E-state index contributed by atoms with van der Waals surface area (Å²) in [5.74, 6) is 1.00. The second kappa shape index (κ2) is 7.85. The molecule has 1 saturated carbocycles. The van der Waals surface area contributed by atoms with Crippen LogP contribution in [0.2, 0.25) is 0 Å². The van der Waals surface area contributed by atoms with Crippen LogP contribution < -0.4 is 4.74 Å². The number of para-hydroxylation sites is 1. The predicted octanol–water partition coefficient (Wildman–Crippen LogP) is 5.13. The molecule has 7 heteroatoms. The fourth-order valence-electron chi connectivity index (χ4n) is 6.55. The van der Waals surface area contributed by atoms with Gasteiger partial charge in [-0.2, -0.15) is 0 Å². The van der Waals surface area contributed by atoms with Crippen molar-refractivity contribution in [2.45, 2.75) is 44.2 Å². The highest BCUT2D eigenvalue weighted by molar-refractivity contribution is 5.86. The molecule has 33 heavy (non-hydrogen) atoms. The highest BCUT2D eigenvalue weighted by Crippen LogP contribution is 2.57. The summed E-state index contributed by atoms with van der Waals surface area (Å²) in [6.07, 6.45) is 4.26. The molecular formula is C26H29N3O4. The summed E-state index contributed by atoms with van der Waals surface area (Å²) < 4.78 is 12.6. The molecule has 1 aromatic heterocycles. The van der Waals surface area contributed by atoms with Gasteiger partial charge in [0.05, 0.1) is 18.1 Å². The SMILES string of the molecule is Cc1[nH]c2ccccc2c1[C@H]1c2cc([N+](=O)[O-])ccc2O[C@@]2(N3CCOCC3)CCCC[C@H]12. The first-order chi connectivity index (χ1) is 16.1. The molecule has 3 aliphatic rings. The van der Waals surface area contributed by atoms with Gasteiger partial charge >= 0.3 is 0 Å². The van der Waals surface area contributed by atoms with Crippen LogP contribution in [0.1, 0.15) is 48.4 Å². The Balaban J connectivity index is 1.60. The Morgan fingerprint density at radius 3 is 2.79 bits per heavy atom. The molecule has 1 aliphatic carbocycles. The molecule has 0 spiro atoms. The van der Waals surface area contributed by atoms with Crippen LogP contribution in [0.5, 0.6) is 5.75 Å². The van der Waals surface area contributed by atoms with Crippen LogP contribution in [-0.2, 0) is 4.74 Å². The van der Waals surface area contributed by atoms with Crippen molar-refractivity contribution in [3.8, 4) is 5.75 Å². The third-order valence-corrected chi connectivity index (χ3v) is 7.91. The van der Waals surface area contributed by atoms with E-state index in [0.717, 1.165) is 61.3 Å². The lowest BCUT2D eigenvalue weighted by Crippen LogP contribution is -2.64. The number of nitro benzene ring substituents is 1. The molecule has 3 atom stereocenters. The zero-order chi connectivity index (χ0) is 22.6. The lowest BCUT2D eigenvalue weighted by atomic mass is 9.66. The number of aryl methyl sites for hydroxylation is 1. The Bertz CT molecular complexity index is 1220. The van der Waals surface area contributed by atoms with Gasteiger partial charge in [-0.1, -0.05) is 24.6 Å². The maximum atomic E-state index is 11.7. The summed E-state index contributed by atoms with van der Waals surface area (Å²) in [5.41, 5.74) is 4.13. The molecule has 2 fully saturated rings. The molecule has 1 N–H and O–H groups in total. The van der Waals surface area contributed by atoms with Gasteiger partial charge in [-0.15, -0.1) is 0 Å². The molecule has 2 aromatic carbocycles. The molecular weight excluding hydrogens is 418 g/mol. The summed E-state index contributed by atoms with van der Waals surface area (Å²) in [6.45, 7) is 5.24. The topological polar surface area (TPSA) is 80.6 Å². The molecule has 0 unspecified atom stereocenters. The van der Waals surface area contributed by atoms with E-state index in [1.165, 1.54) is 10.9 Å². The number of hydrogen-bond donors (Lipinski definition) is 1. The lowest BCUT2D eigenvalue weighted by molar-refractivity contribution is -0.385. The Hall–Kier alpha value is -2.90. The normalized spacial score (nSPS) is 27.5. The molecule has 3 heterocycles. The number of ether oxygens (including phenoxy) is 2. The zero-order valence-electron chi connectivity index (χ0n) is 18.9. The van der Waals surface area contributed by atoms with Gasteiger partial charge in [0.25, 0.3) is 5.69 Å². The first-order valence-electron chi connectivity index (χ1n) is 12.0. The van der Waals surface area contributed by atoms with E-state index in [9.17, 15) is 10.1 Å². The third-order valence-electron chi connectivity index (χ3n) is 7.91. The predicted molar refractivity (Wildman–Crippen MR) is 126 cm³/mol.